The number of nitrogens with zero attached hydrogens (tertiary/aromatic N) is 3. The number of anilines is 3. The lowest BCUT2D eigenvalue weighted by atomic mass is 10.2. The number of halogens is 1. The van der Waals surface area contributed by atoms with Crippen LogP contribution < -0.4 is 15.5 Å². The topological polar surface area (TPSA) is 56.3 Å². The first kappa shape index (κ1) is 14.1. The van der Waals surface area contributed by atoms with Crippen LogP contribution in [-0.2, 0) is 0 Å². The van der Waals surface area contributed by atoms with E-state index < -0.39 is 0 Å². The lowest BCUT2D eigenvalue weighted by Gasteiger charge is -2.36. The van der Waals surface area contributed by atoms with Crippen LogP contribution in [0.1, 0.15) is 4.88 Å². The molecule has 4 nitrogen and oxygen atoms in total. The van der Waals surface area contributed by atoms with E-state index in [9.17, 15) is 0 Å². The Balaban J connectivity index is 1.69. The van der Waals surface area contributed by atoms with Crippen molar-refractivity contribution >= 4 is 39.3 Å². The van der Waals surface area contributed by atoms with Gasteiger partial charge in [-0.1, -0.05) is 17.7 Å². The summed E-state index contributed by atoms with van der Waals surface area (Å²) in [5.74, 6) is 0. The smallest absolute Gasteiger partial charge is 0.129 e. The molecule has 2 aromatic rings. The van der Waals surface area contributed by atoms with Crippen molar-refractivity contribution in [3.63, 3.8) is 0 Å². The van der Waals surface area contributed by atoms with Gasteiger partial charge in [0.05, 0.1) is 10.7 Å². The Kier molecular flexibility index (Phi) is 3.91. The van der Waals surface area contributed by atoms with Gasteiger partial charge in [-0.3, -0.25) is 0 Å². The van der Waals surface area contributed by atoms with Gasteiger partial charge >= 0.3 is 0 Å². The largest absolute Gasteiger partial charge is 0.397 e. The van der Waals surface area contributed by atoms with Gasteiger partial charge < -0.3 is 15.5 Å². The third kappa shape index (κ3) is 2.92. The van der Waals surface area contributed by atoms with Crippen LogP contribution in [0.5, 0.6) is 0 Å². The lowest BCUT2D eigenvalue weighted by Crippen LogP contribution is -2.46. The molecular formula is C15H15ClN4S. The first-order valence-corrected chi connectivity index (χ1v) is 7.91. The van der Waals surface area contributed by atoms with Crippen LogP contribution in [0.3, 0.4) is 0 Å². The van der Waals surface area contributed by atoms with Crippen molar-refractivity contribution < 1.29 is 0 Å². The minimum absolute atomic E-state index is 0.578. The van der Waals surface area contributed by atoms with Crippen LogP contribution in [0, 0.1) is 11.3 Å². The maximum atomic E-state index is 8.99. The van der Waals surface area contributed by atoms with Gasteiger partial charge in [-0.15, -0.1) is 11.3 Å². The van der Waals surface area contributed by atoms with E-state index in [0.29, 0.717) is 10.6 Å². The van der Waals surface area contributed by atoms with Crippen LogP contribution >= 0.6 is 22.9 Å². The molecule has 1 aliphatic heterocycles. The predicted octanol–water partition coefficient (Wildman–Crippen LogP) is 3.18. The number of hydrogen-bond acceptors (Lipinski definition) is 5. The highest BCUT2D eigenvalue weighted by Gasteiger charge is 2.20. The molecule has 21 heavy (non-hydrogen) atoms. The van der Waals surface area contributed by atoms with Crippen molar-refractivity contribution in [3.8, 4) is 6.07 Å². The van der Waals surface area contributed by atoms with Gasteiger partial charge in [0.1, 0.15) is 10.9 Å². The van der Waals surface area contributed by atoms with E-state index in [4.69, 9.17) is 22.6 Å². The maximum Gasteiger partial charge on any atom is 0.129 e. The van der Waals surface area contributed by atoms with E-state index in [1.54, 1.807) is 0 Å². The van der Waals surface area contributed by atoms with Gasteiger partial charge in [-0.05, 0) is 24.3 Å². The zero-order valence-corrected chi connectivity index (χ0v) is 13.0. The Hall–Kier alpha value is -1.90. The van der Waals surface area contributed by atoms with Gasteiger partial charge in [0.2, 0.25) is 0 Å². The van der Waals surface area contributed by atoms with Crippen molar-refractivity contribution in [2.75, 3.05) is 41.7 Å². The summed E-state index contributed by atoms with van der Waals surface area (Å²) < 4.78 is 0. The normalized spacial score (nSPS) is 15.0. The summed E-state index contributed by atoms with van der Waals surface area (Å²) in [6, 6.07) is 12.0. The van der Waals surface area contributed by atoms with E-state index in [0.717, 1.165) is 41.9 Å². The highest BCUT2D eigenvalue weighted by Crippen LogP contribution is 2.32. The van der Waals surface area contributed by atoms with E-state index in [2.05, 4.69) is 21.9 Å². The van der Waals surface area contributed by atoms with Crippen molar-refractivity contribution in [3.05, 3.63) is 40.2 Å². The van der Waals surface area contributed by atoms with Gasteiger partial charge in [0, 0.05) is 36.9 Å². The fourth-order valence-corrected chi connectivity index (χ4v) is 3.61. The molecule has 0 saturated carbocycles. The second-order valence-corrected chi connectivity index (χ2v) is 6.40. The van der Waals surface area contributed by atoms with Gasteiger partial charge in [0.15, 0.2) is 0 Å². The number of hydrogen-bond donors (Lipinski definition) is 1. The first-order valence-electron chi connectivity index (χ1n) is 6.72. The number of nitrogen functional groups attached to an aromatic ring is 1. The summed E-state index contributed by atoms with van der Waals surface area (Å²) in [6.07, 6.45) is 0. The number of piperazine rings is 1. The molecule has 0 spiro atoms. The Bertz CT molecular complexity index is 683. The highest BCUT2D eigenvalue weighted by molar-refractivity contribution is 7.17. The lowest BCUT2D eigenvalue weighted by molar-refractivity contribution is 0.657. The second kappa shape index (κ2) is 5.84. The fraction of sp³-hybridized carbons (Fsp3) is 0.267. The van der Waals surface area contributed by atoms with E-state index in [1.165, 1.54) is 11.3 Å². The third-order valence-electron chi connectivity index (χ3n) is 3.61. The summed E-state index contributed by atoms with van der Waals surface area (Å²) in [6.45, 7) is 3.69. The zero-order valence-electron chi connectivity index (χ0n) is 11.4. The zero-order chi connectivity index (χ0) is 14.8. The summed E-state index contributed by atoms with van der Waals surface area (Å²) in [5.41, 5.74) is 7.57. The molecule has 0 aliphatic carbocycles. The van der Waals surface area contributed by atoms with Gasteiger partial charge in [0.25, 0.3) is 0 Å². The molecule has 1 saturated heterocycles. The fourth-order valence-electron chi connectivity index (χ4n) is 2.49. The molecule has 0 amide bonds. The van der Waals surface area contributed by atoms with E-state index in [1.807, 2.05) is 24.3 Å². The number of benzene rings is 1. The molecule has 2 N–H and O–H groups in total. The molecular weight excluding hydrogens is 304 g/mol. The summed E-state index contributed by atoms with van der Waals surface area (Å²) in [5, 5.41) is 10.8. The van der Waals surface area contributed by atoms with E-state index in [-0.39, 0.29) is 0 Å². The molecule has 108 valence electrons. The minimum atomic E-state index is 0.578. The molecule has 0 unspecified atom stereocenters. The molecule has 6 heteroatoms. The Morgan fingerprint density at radius 3 is 2.48 bits per heavy atom. The SMILES string of the molecule is N#Cc1sc(N2CCN(c3cccc(Cl)c3)CC2)cc1N. The second-order valence-electron chi connectivity index (χ2n) is 4.93. The van der Waals surface area contributed by atoms with Gasteiger partial charge in [-0.25, -0.2) is 0 Å². The Labute approximate surface area is 133 Å². The molecule has 0 bridgehead atoms. The Morgan fingerprint density at radius 2 is 1.86 bits per heavy atom. The van der Waals surface area contributed by atoms with Crippen molar-refractivity contribution in [1.82, 2.24) is 0 Å². The quantitative estimate of drug-likeness (QED) is 0.924. The molecule has 2 heterocycles. The average Bonchev–Trinajstić information content (AvgIpc) is 2.88. The molecule has 0 atom stereocenters. The number of rotatable bonds is 2. The van der Waals surface area contributed by atoms with Crippen LogP contribution in [0.4, 0.5) is 16.4 Å². The number of nitriles is 1. The third-order valence-corrected chi connectivity index (χ3v) is 4.97. The van der Waals surface area contributed by atoms with Crippen molar-refractivity contribution in [2.24, 2.45) is 0 Å². The average molecular weight is 319 g/mol. The van der Waals surface area contributed by atoms with Crippen LogP contribution in [0.15, 0.2) is 30.3 Å². The summed E-state index contributed by atoms with van der Waals surface area (Å²) in [4.78, 5) is 5.20. The van der Waals surface area contributed by atoms with Crippen LogP contribution in [0.2, 0.25) is 5.02 Å². The maximum absolute atomic E-state index is 8.99. The van der Waals surface area contributed by atoms with E-state index >= 15 is 0 Å². The number of nitrogens with two attached hydrogens (primary N) is 1. The monoisotopic (exact) mass is 318 g/mol. The van der Waals surface area contributed by atoms with Crippen LogP contribution in [-0.4, -0.2) is 26.2 Å². The number of thiophene rings is 1. The first-order chi connectivity index (χ1) is 10.2. The highest BCUT2D eigenvalue weighted by atomic mass is 35.5. The molecule has 1 aromatic heterocycles. The summed E-state index contributed by atoms with van der Waals surface area (Å²) in [7, 11) is 0. The predicted molar refractivity (Wildman–Crippen MR) is 89.3 cm³/mol. The molecule has 1 aliphatic rings. The standard InChI is InChI=1S/C15H15ClN4S/c16-11-2-1-3-12(8-11)19-4-6-20(7-5-19)15-9-13(18)14(10-17)21-15/h1-3,8-9H,4-7,18H2. The molecule has 1 aromatic carbocycles. The van der Waals surface area contributed by atoms with Crippen LogP contribution in [0.25, 0.3) is 0 Å². The van der Waals surface area contributed by atoms with Gasteiger partial charge in [-0.2, -0.15) is 5.26 Å². The minimum Gasteiger partial charge on any atom is -0.397 e. The summed E-state index contributed by atoms with van der Waals surface area (Å²) >= 11 is 7.51. The molecule has 3 rings (SSSR count). The Morgan fingerprint density at radius 1 is 1.14 bits per heavy atom. The molecule has 0 radical (unpaired) electrons. The van der Waals surface area contributed by atoms with Crippen molar-refractivity contribution in [1.29, 1.82) is 5.26 Å². The molecule has 1 fully saturated rings. The van der Waals surface area contributed by atoms with Crippen molar-refractivity contribution in [2.45, 2.75) is 0 Å².